The second-order valence-electron chi connectivity index (χ2n) is 7.56. The fourth-order valence-corrected chi connectivity index (χ4v) is 2.69. The molecule has 0 aliphatic rings. The maximum Gasteiger partial charge on any atom is 0.319 e. The predicted octanol–water partition coefficient (Wildman–Crippen LogP) is 4.69. The average molecular weight is 381 g/mol. The number of urea groups is 1. The molecule has 0 saturated carbocycles. The summed E-state index contributed by atoms with van der Waals surface area (Å²) in [7, 11) is 0. The molecular weight excluding hydrogens is 354 g/mol. The van der Waals surface area contributed by atoms with Gasteiger partial charge < -0.3 is 15.7 Å². The summed E-state index contributed by atoms with van der Waals surface area (Å²) in [6.07, 6.45) is 6.83. The van der Waals surface area contributed by atoms with Gasteiger partial charge in [0.1, 0.15) is 0 Å². The summed E-state index contributed by atoms with van der Waals surface area (Å²) in [5.41, 5.74) is 3.18. The second kappa shape index (κ2) is 9.69. The molecule has 0 atom stereocenters. The Hall–Kier alpha value is -3.15. The summed E-state index contributed by atoms with van der Waals surface area (Å²) in [5, 5.41) is 14.6. The third kappa shape index (κ3) is 7.23. The SMILES string of the molecule is CC(C)(C)NC(=O)Nc1cccc(C(=CCCCC(=O)O)c2cccnc2)c1. The molecule has 148 valence electrons. The van der Waals surface area contributed by atoms with Gasteiger partial charge in [-0.3, -0.25) is 9.78 Å². The molecular formula is C22H27N3O3. The van der Waals surface area contributed by atoms with E-state index < -0.39 is 5.97 Å². The molecule has 1 aromatic heterocycles. The molecule has 0 saturated heterocycles. The topological polar surface area (TPSA) is 91.3 Å². The zero-order chi connectivity index (χ0) is 20.6. The second-order valence-corrected chi connectivity index (χ2v) is 7.56. The molecule has 2 aromatic rings. The number of anilines is 1. The highest BCUT2D eigenvalue weighted by atomic mass is 16.4. The van der Waals surface area contributed by atoms with Crippen LogP contribution in [0.4, 0.5) is 10.5 Å². The van der Waals surface area contributed by atoms with E-state index in [4.69, 9.17) is 5.11 Å². The number of nitrogens with one attached hydrogen (secondary N) is 2. The molecule has 0 unspecified atom stereocenters. The van der Waals surface area contributed by atoms with E-state index in [0.717, 1.165) is 16.7 Å². The van der Waals surface area contributed by atoms with Crippen LogP contribution in [0.15, 0.2) is 54.9 Å². The number of allylic oxidation sites excluding steroid dienone is 1. The maximum atomic E-state index is 12.2. The zero-order valence-electron chi connectivity index (χ0n) is 16.5. The molecule has 0 bridgehead atoms. The summed E-state index contributed by atoms with van der Waals surface area (Å²) in [6.45, 7) is 5.76. The van der Waals surface area contributed by atoms with Crippen LogP contribution in [-0.2, 0) is 4.79 Å². The quantitative estimate of drug-likeness (QED) is 0.607. The Morgan fingerprint density at radius 1 is 1.14 bits per heavy atom. The van der Waals surface area contributed by atoms with Crippen molar-refractivity contribution in [1.82, 2.24) is 10.3 Å². The first-order chi connectivity index (χ1) is 13.2. The molecule has 0 spiro atoms. The van der Waals surface area contributed by atoms with Gasteiger partial charge in [-0.25, -0.2) is 4.79 Å². The molecule has 3 N–H and O–H groups in total. The number of carbonyl (C=O) groups excluding carboxylic acids is 1. The Morgan fingerprint density at radius 2 is 1.89 bits per heavy atom. The summed E-state index contributed by atoms with van der Waals surface area (Å²) in [5.74, 6) is -0.799. The number of carboxylic acids is 1. The number of benzene rings is 1. The van der Waals surface area contributed by atoms with Gasteiger partial charge in [0, 0.05) is 35.6 Å². The minimum atomic E-state index is -0.799. The van der Waals surface area contributed by atoms with Gasteiger partial charge in [0.15, 0.2) is 0 Å². The van der Waals surface area contributed by atoms with Gasteiger partial charge in [0.25, 0.3) is 0 Å². The fraction of sp³-hybridized carbons (Fsp3) is 0.318. The van der Waals surface area contributed by atoms with Gasteiger partial charge >= 0.3 is 12.0 Å². The molecule has 1 heterocycles. The van der Waals surface area contributed by atoms with Gasteiger partial charge in [-0.1, -0.05) is 24.3 Å². The number of hydrogen-bond acceptors (Lipinski definition) is 3. The van der Waals surface area contributed by atoms with Crippen LogP contribution in [-0.4, -0.2) is 27.6 Å². The predicted molar refractivity (Wildman–Crippen MR) is 111 cm³/mol. The third-order valence-corrected chi connectivity index (χ3v) is 3.84. The smallest absolute Gasteiger partial charge is 0.319 e. The molecule has 6 nitrogen and oxygen atoms in total. The standard InChI is InChI=1S/C22H27N3O3/c1-22(2,3)25-21(28)24-18-10-6-8-16(14-18)19(11-4-5-12-20(26)27)17-9-7-13-23-15-17/h6-11,13-15H,4-5,12H2,1-3H3,(H,26,27)(H2,24,25,28). The number of nitrogens with zero attached hydrogens (tertiary/aromatic N) is 1. The summed E-state index contributed by atoms with van der Waals surface area (Å²) < 4.78 is 0. The van der Waals surface area contributed by atoms with Crippen LogP contribution >= 0.6 is 0 Å². The van der Waals surface area contributed by atoms with Crippen molar-refractivity contribution in [3.05, 3.63) is 66.0 Å². The number of unbranched alkanes of at least 4 members (excludes halogenated alkanes) is 1. The van der Waals surface area contributed by atoms with Crippen LogP contribution in [0.2, 0.25) is 0 Å². The van der Waals surface area contributed by atoms with Crippen molar-refractivity contribution in [1.29, 1.82) is 0 Å². The van der Waals surface area contributed by atoms with Crippen LogP contribution in [0.1, 0.15) is 51.2 Å². The Balaban J connectivity index is 2.24. The van der Waals surface area contributed by atoms with Crippen LogP contribution in [0.5, 0.6) is 0 Å². The monoisotopic (exact) mass is 381 g/mol. The number of aliphatic carboxylic acids is 1. The van der Waals surface area contributed by atoms with Gasteiger partial charge in [-0.05, 0) is 62.9 Å². The maximum absolute atomic E-state index is 12.2. The average Bonchev–Trinajstić information content (AvgIpc) is 2.60. The van der Waals surface area contributed by atoms with Gasteiger partial charge in [-0.15, -0.1) is 0 Å². The lowest BCUT2D eigenvalue weighted by molar-refractivity contribution is -0.137. The van der Waals surface area contributed by atoms with Crippen LogP contribution in [0.3, 0.4) is 0 Å². The minimum absolute atomic E-state index is 0.130. The Morgan fingerprint density at radius 3 is 2.54 bits per heavy atom. The summed E-state index contributed by atoms with van der Waals surface area (Å²) in [6, 6.07) is 11.1. The molecule has 0 aliphatic heterocycles. The van der Waals surface area contributed by atoms with Crippen molar-refractivity contribution < 1.29 is 14.7 Å². The van der Waals surface area contributed by atoms with Crippen LogP contribution in [0.25, 0.3) is 5.57 Å². The molecule has 0 radical (unpaired) electrons. The number of aromatic nitrogens is 1. The summed E-state index contributed by atoms with van der Waals surface area (Å²) >= 11 is 0. The molecule has 2 amide bonds. The Labute approximate surface area is 165 Å². The number of hydrogen-bond donors (Lipinski definition) is 3. The van der Waals surface area contributed by atoms with Gasteiger partial charge in [-0.2, -0.15) is 0 Å². The van der Waals surface area contributed by atoms with Crippen molar-refractivity contribution in [2.24, 2.45) is 0 Å². The molecule has 6 heteroatoms. The van der Waals surface area contributed by atoms with Crippen molar-refractivity contribution in [2.45, 2.75) is 45.6 Å². The lowest BCUT2D eigenvalue weighted by Gasteiger charge is -2.21. The highest BCUT2D eigenvalue weighted by molar-refractivity contribution is 5.91. The van der Waals surface area contributed by atoms with Crippen LogP contribution in [0, 0.1) is 0 Å². The third-order valence-electron chi connectivity index (χ3n) is 3.84. The number of carbonyl (C=O) groups is 2. The first-order valence-electron chi connectivity index (χ1n) is 9.26. The van der Waals surface area contributed by atoms with Crippen molar-refractivity contribution in [3.8, 4) is 0 Å². The largest absolute Gasteiger partial charge is 0.481 e. The molecule has 1 aromatic carbocycles. The van der Waals surface area contributed by atoms with Crippen LogP contribution < -0.4 is 10.6 Å². The minimum Gasteiger partial charge on any atom is -0.481 e. The zero-order valence-corrected chi connectivity index (χ0v) is 16.5. The lowest BCUT2D eigenvalue weighted by Crippen LogP contribution is -2.43. The summed E-state index contributed by atoms with van der Waals surface area (Å²) in [4.78, 5) is 27.1. The normalized spacial score (nSPS) is 11.8. The number of pyridine rings is 1. The van der Waals surface area contributed by atoms with E-state index in [-0.39, 0.29) is 18.0 Å². The highest BCUT2D eigenvalue weighted by Gasteiger charge is 2.14. The number of amides is 2. The van der Waals surface area contributed by atoms with E-state index >= 15 is 0 Å². The first-order valence-corrected chi connectivity index (χ1v) is 9.26. The van der Waals surface area contributed by atoms with Gasteiger partial charge in [0.05, 0.1) is 0 Å². The molecule has 0 aliphatic carbocycles. The van der Waals surface area contributed by atoms with E-state index in [2.05, 4.69) is 15.6 Å². The Kier molecular flexibility index (Phi) is 7.32. The van der Waals surface area contributed by atoms with Crippen molar-refractivity contribution in [2.75, 3.05) is 5.32 Å². The molecule has 0 fully saturated rings. The lowest BCUT2D eigenvalue weighted by atomic mass is 9.97. The van der Waals surface area contributed by atoms with Crippen molar-refractivity contribution >= 4 is 23.3 Å². The molecule has 28 heavy (non-hydrogen) atoms. The van der Waals surface area contributed by atoms with E-state index in [1.54, 1.807) is 12.4 Å². The van der Waals surface area contributed by atoms with E-state index in [1.165, 1.54) is 0 Å². The molecule has 2 rings (SSSR count). The first kappa shape index (κ1) is 21.2. The number of rotatable bonds is 7. The highest BCUT2D eigenvalue weighted by Crippen LogP contribution is 2.26. The van der Waals surface area contributed by atoms with E-state index in [1.807, 2.05) is 63.2 Å². The Bertz CT molecular complexity index is 840. The van der Waals surface area contributed by atoms with E-state index in [0.29, 0.717) is 18.5 Å². The van der Waals surface area contributed by atoms with Crippen molar-refractivity contribution in [3.63, 3.8) is 0 Å². The fourth-order valence-electron chi connectivity index (χ4n) is 2.69. The van der Waals surface area contributed by atoms with E-state index in [9.17, 15) is 9.59 Å². The van der Waals surface area contributed by atoms with Gasteiger partial charge in [0.2, 0.25) is 0 Å². The number of carboxylic acid groups (broad SMARTS) is 1.